The smallest absolute Gasteiger partial charge is 0.330 e. The van der Waals surface area contributed by atoms with Crippen LogP contribution in [-0.2, 0) is 11.3 Å². The van der Waals surface area contributed by atoms with Crippen LogP contribution in [0.15, 0.2) is 39.9 Å². The van der Waals surface area contributed by atoms with Gasteiger partial charge in [-0.2, -0.15) is 0 Å². The van der Waals surface area contributed by atoms with Crippen molar-refractivity contribution in [1.82, 2.24) is 14.5 Å². The number of unbranched alkanes of at least 4 members (excludes halogenated alkanes) is 1. The van der Waals surface area contributed by atoms with Crippen LogP contribution in [0.3, 0.4) is 0 Å². The van der Waals surface area contributed by atoms with E-state index in [-0.39, 0.29) is 30.5 Å². The van der Waals surface area contributed by atoms with E-state index in [9.17, 15) is 14.4 Å². The molecule has 8 nitrogen and oxygen atoms in total. The number of likely N-dealkylation sites (tertiary alicyclic amines) is 1. The van der Waals surface area contributed by atoms with E-state index >= 15 is 0 Å². The highest BCUT2D eigenvalue weighted by molar-refractivity contribution is 5.96. The van der Waals surface area contributed by atoms with Crippen LogP contribution < -0.4 is 21.9 Å². The van der Waals surface area contributed by atoms with Gasteiger partial charge in [-0.15, -0.1) is 0 Å². The van der Waals surface area contributed by atoms with Crippen LogP contribution in [0.1, 0.15) is 45.6 Å². The molecule has 0 bridgehead atoms. The van der Waals surface area contributed by atoms with Crippen LogP contribution in [0.4, 0.5) is 11.5 Å². The standard InChI is InChI=1S/C24H35N5O3/c1-4-5-11-28(20(30)16-27-13-17(2)12-18(3)14-27)21-22(25)29(24(32)26-23(21)31)15-19-9-7-6-8-10-19/h6-10,17-18H,4-5,11-16,25H2,1-3H3,(H,26,31,32). The third-order valence-electron chi connectivity index (χ3n) is 6.01. The van der Waals surface area contributed by atoms with E-state index in [2.05, 4.69) is 23.7 Å². The summed E-state index contributed by atoms with van der Waals surface area (Å²) in [6.45, 7) is 8.97. The van der Waals surface area contributed by atoms with Crippen LogP contribution >= 0.6 is 0 Å². The molecule has 1 aliphatic rings. The summed E-state index contributed by atoms with van der Waals surface area (Å²) in [6.07, 6.45) is 2.75. The van der Waals surface area contributed by atoms with E-state index < -0.39 is 11.2 Å². The first-order valence-corrected chi connectivity index (χ1v) is 11.5. The fourth-order valence-electron chi connectivity index (χ4n) is 4.64. The van der Waals surface area contributed by atoms with Crippen molar-refractivity contribution in [2.75, 3.05) is 36.8 Å². The van der Waals surface area contributed by atoms with Crippen molar-refractivity contribution in [1.29, 1.82) is 0 Å². The highest BCUT2D eigenvalue weighted by Crippen LogP contribution is 2.23. The van der Waals surface area contributed by atoms with Crippen molar-refractivity contribution in [3.8, 4) is 0 Å². The molecule has 1 aliphatic heterocycles. The quantitative estimate of drug-likeness (QED) is 0.654. The van der Waals surface area contributed by atoms with Gasteiger partial charge in [0.1, 0.15) is 5.82 Å². The van der Waals surface area contributed by atoms with Gasteiger partial charge in [-0.25, -0.2) is 4.79 Å². The van der Waals surface area contributed by atoms with Crippen LogP contribution in [0, 0.1) is 11.8 Å². The van der Waals surface area contributed by atoms with Gasteiger partial charge in [0.15, 0.2) is 5.69 Å². The van der Waals surface area contributed by atoms with Crippen molar-refractivity contribution in [2.45, 2.75) is 46.6 Å². The van der Waals surface area contributed by atoms with Gasteiger partial charge in [0.2, 0.25) is 5.91 Å². The Labute approximate surface area is 189 Å². The molecular weight excluding hydrogens is 406 g/mol. The van der Waals surface area contributed by atoms with Gasteiger partial charge >= 0.3 is 5.69 Å². The minimum absolute atomic E-state index is 0.0208. The molecule has 174 valence electrons. The Kier molecular flexibility index (Phi) is 7.90. The number of hydrogen-bond acceptors (Lipinski definition) is 5. The van der Waals surface area contributed by atoms with Crippen LogP contribution in [0.5, 0.6) is 0 Å². The molecule has 8 heteroatoms. The lowest BCUT2D eigenvalue weighted by Gasteiger charge is -2.35. The highest BCUT2D eigenvalue weighted by atomic mass is 16.2. The summed E-state index contributed by atoms with van der Waals surface area (Å²) in [6, 6.07) is 9.41. The Hall–Kier alpha value is -2.87. The van der Waals surface area contributed by atoms with Gasteiger partial charge in [0, 0.05) is 19.6 Å². The van der Waals surface area contributed by atoms with Gasteiger partial charge in [-0.05, 0) is 30.2 Å². The molecule has 1 saturated heterocycles. The minimum atomic E-state index is -0.623. The van der Waals surface area contributed by atoms with Gasteiger partial charge in [-0.3, -0.25) is 24.0 Å². The number of carbonyl (C=O) groups is 1. The Balaban J connectivity index is 1.94. The van der Waals surface area contributed by atoms with Crippen molar-refractivity contribution >= 4 is 17.4 Å². The lowest BCUT2D eigenvalue weighted by atomic mass is 9.92. The molecule has 1 fully saturated rings. The fourth-order valence-corrected chi connectivity index (χ4v) is 4.64. The predicted octanol–water partition coefficient (Wildman–Crippen LogP) is 2.28. The zero-order valence-electron chi connectivity index (χ0n) is 19.3. The van der Waals surface area contributed by atoms with Crippen LogP contribution in [-0.4, -0.2) is 46.5 Å². The van der Waals surface area contributed by atoms with E-state index in [0.29, 0.717) is 18.4 Å². The number of H-pyrrole nitrogens is 1. The Morgan fingerprint density at radius 3 is 2.44 bits per heavy atom. The number of nitrogen functional groups attached to an aromatic ring is 1. The molecule has 2 aromatic rings. The number of aromatic amines is 1. The molecule has 1 amide bonds. The SMILES string of the molecule is CCCCN(C(=O)CN1CC(C)CC(C)C1)c1c(N)n(Cc2ccccc2)c(=O)[nH]c1=O. The summed E-state index contributed by atoms with van der Waals surface area (Å²) in [5.74, 6) is 0.906. The number of benzene rings is 1. The maximum Gasteiger partial charge on any atom is 0.330 e. The monoisotopic (exact) mass is 441 g/mol. The summed E-state index contributed by atoms with van der Waals surface area (Å²) in [7, 11) is 0. The Bertz CT molecular complexity index is 1020. The van der Waals surface area contributed by atoms with E-state index in [0.717, 1.165) is 37.9 Å². The lowest BCUT2D eigenvalue weighted by molar-refractivity contribution is -0.120. The minimum Gasteiger partial charge on any atom is -0.383 e. The van der Waals surface area contributed by atoms with Crippen molar-refractivity contribution in [3.63, 3.8) is 0 Å². The molecule has 1 aromatic carbocycles. The largest absolute Gasteiger partial charge is 0.383 e. The number of aromatic nitrogens is 2. The molecule has 0 saturated carbocycles. The van der Waals surface area contributed by atoms with E-state index in [4.69, 9.17) is 5.73 Å². The van der Waals surface area contributed by atoms with Crippen molar-refractivity contribution < 1.29 is 4.79 Å². The second kappa shape index (κ2) is 10.6. The number of nitrogens with two attached hydrogens (primary N) is 1. The summed E-state index contributed by atoms with van der Waals surface area (Å²) < 4.78 is 1.32. The number of carbonyl (C=O) groups excluding carboxylic acids is 1. The number of nitrogens with zero attached hydrogens (tertiary/aromatic N) is 3. The van der Waals surface area contributed by atoms with Gasteiger partial charge < -0.3 is 10.6 Å². The molecule has 0 spiro atoms. The Morgan fingerprint density at radius 1 is 1.16 bits per heavy atom. The van der Waals surface area contributed by atoms with E-state index in [1.807, 2.05) is 37.3 Å². The molecule has 2 heterocycles. The topological polar surface area (TPSA) is 104 Å². The molecule has 2 atom stereocenters. The first kappa shape index (κ1) is 23.8. The first-order chi connectivity index (χ1) is 15.3. The van der Waals surface area contributed by atoms with E-state index in [1.54, 1.807) is 0 Å². The molecule has 3 rings (SSSR count). The second-order valence-corrected chi connectivity index (χ2v) is 9.10. The van der Waals surface area contributed by atoms with Crippen LogP contribution in [0.2, 0.25) is 0 Å². The lowest BCUT2D eigenvalue weighted by Crippen LogP contribution is -2.48. The third-order valence-corrected chi connectivity index (χ3v) is 6.01. The molecule has 3 N–H and O–H groups in total. The van der Waals surface area contributed by atoms with Gasteiger partial charge in [-0.1, -0.05) is 57.5 Å². The summed E-state index contributed by atoms with van der Waals surface area (Å²) in [4.78, 5) is 44.7. The van der Waals surface area contributed by atoms with E-state index in [1.165, 1.54) is 9.47 Å². The molecule has 0 aliphatic carbocycles. The zero-order chi connectivity index (χ0) is 23.3. The Morgan fingerprint density at radius 2 is 1.81 bits per heavy atom. The highest BCUT2D eigenvalue weighted by Gasteiger charge is 2.28. The number of amides is 1. The zero-order valence-corrected chi connectivity index (χ0v) is 19.3. The van der Waals surface area contributed by atoms with Crippen LogP contribution in [0.25, 0.3) is 0 Å². The maximum absolute atomic E-state index is 13.4. The normalized spacial score (nSPS) is 19.1. The molecule has 1 aromatic heterocycles. The maximum atomic E-state index is 13.4. The summed E-state index contributed by atoms with van der Waals surface area (Å²) in [5, 5.41) is 0. The number of nitrogens with one attached hydrogen (secondary N) is 1. The predicted molar refractivity (Wildman–Crippen MR) is 128 cm³/mol. The number of anilines is 2. The number of hydrogen-bond donors (Lipinski definition) is 2. The number of rotatable bonds is 8. The fraction of sp³-hybridized carbons (Fsp3) is 0.542. The average molecular weight is 442 g/mol. The summed E-state index contributed by atoms with van der Waals surface area (Å²) in [5.41, 5.74) is 6.09. The second-order valence-electron chi connectivity index (χ2n) is 9.10. The molecular formula is C24H35N5O3. The molecule has 32 heavy (non-hydrogen) atoms. The summed E-state index contributed by atoms with van der Waals surface area (Å²) >= 11 is 0. The van der Waals surface area contributed by atoms with Gasteiger partial charge in [0.25, 0.3) is 5.56 Å². The van der Waals surface area contributed by atoms with Crippen molar-refractivity contribution in [3.05, 3.63) is 56.7 Å². The van der Waals surface area contributed by atoms with Gasteiger partial charge in [0.05, 0.1) is 13.1 Å². The average Bonchev–Trinajstić information content (AvgIpc) is 2.73. The van der Waals surface area contributed by atoms with Crippen molar-refractivity contribution in [2.24, 2.45) is 11.8 Å². The third kappa shape index (κ3) is 5.68. The number of piperidine rings is 1. The molecule has 0 radical (unpaired) electrons. The molecule has 2 unspecified atom stereocenters. The first-order valence-electron chi connectivity index (χ1n) is 11.5.